The van der Waals surface area contributed by atoms with E-state index in [9.17, 15) is 5.21 Å². The number of benzene rings is 1. The van der Waals surface area contributed by atoms with Gasteiger partial charge in [0.2, 0.25) is 0 Å². The van der Waals surface area contributed by atoms with E-state index in [-0.39, 0.29) is 15.9 Å². The number of anilines is 1. The summed E-state index contributed by atoms with van der Waals surface area (Å²) >= 11 is 5.76. The Hall–Kier alpha value is -1.01. The molecular formula is C12H18ClN2O3-. The Morgan fingerprint density at radius 2 is 2.00 bits per heavy atom. The molecule has 0 heterocycles. The average Bonchev–Trinajstić information content (AvgIpc) is 2.36. The first-order valence-electron chi connectivity index (χ1n) is 5.89. The predicted molar refractivity (Wildman–Crippen MR) is 72.4 cm³/mol. The smallest absolute Gasteiger partial charge is 0.121 e. The van der Waals surface area contributed by atoms with Gasteiger partial charge in [-0.25, -0.2) is 0 Å². The number of ether oxygens (including phenoxy) is 1. The van der Waals surface area contributed by atoms with Gasteiger partial charge in [0, 0.05) is 12.6 Å². The first kappa shape index (κ1) is 15.0. The summed E-state index contributed by atoms with van der Waals surface area (Å²) in [5.41, 5.74) is -0.0167. The third-order valence-corrected chi connectivity index (χ3v) is 3.01. The molecule has 1 aromatic rings. The lowest BCUT2D eigenvalue weighted by atomic mass is 10.3. The van der Waals surface area contributed by atoms with E-state index in [1.165, 1.54) is 12.1 Å². The molecule has 6 heteroatoms. The zero-order valence-electron chi connectivity index (χ0n) is 10.6. The molecule has 0 aliphatic heterocycles. The summed E-state index contributed by atoms with van der Waals surface area (Å²) in [6, 6.07) is 4.60. The molecule has 1 N–H and O–H groups in total. The van der Waals surface area contributed by atoms with Crippen LogP contribution in [0.4, 0.5) is 5.69 Å². The van der Waals surface area contributed by atoms with Crippen molar-refractivity contribution in [3.8, 4) is 5.75 Å². The lowest BCUT2D eigenvalue weighted by Gasteiger charge is -2.23. The van der Waals surface area contributed by atoms with Crippen LogP contribution in [0.1, 0.15) is 13.8 Å². The molecule has 18 heavy (non-hydrogen) atoms. The maximum atomic E-state index is 10.8. The van der Waals surface area contributed by atoms with Crippen molar-refractivity contribution in [3.05, 3.63) is 28.4 Å². The van der Waals surface area contributed by atoms with E-state index in [0.29, 0.717) is 12.4 Å². The Kier molecular flexibility index (Phi) is 6.21. The molecule has 0 saturated carbocycles. The Balaban J connectivity index is 2.55. The van der Waals surface area contributed by atoms with Crippen molar-refractivity contribution in [3.63, 3.8) is 0 Å². The summed E-state index contributed by atoms with van der Waals surface area (Å²) in [5, 5.41) is 19.6. The highest BCUT2D eigenvalue weighted by Gasteiger charge is 2.04. The number of likely N-dealkylation sites (N-methyl/N-ethyl adjacent to an activating group) is 1. The van der Waals surface area contributed by atoms with Crippen molar-refractivity contribution in [2.45, 2.75) is 13.8 Å². The highest BCUT2D eigenvalue weighted by Crippen LogP contribution is 2.28. The van der Waals surface area contributed by atoms with Gasteiger partial charge in [-0.05, 0) is 25.2 Å². The molecule has 102 valence electrons. The quantitative estimate of drug-likeness (QED) is 0.774. The van der Waals surface area contributed by atoms with E-state index in [1.54, 1.807) is 6.07 Å². The number of halogens is 1. The lowest BCUT2D eigenvalue weighted by Crippen LogP contribution is -2.27. The van der Waals surface area contributed by atoms with Gasteiger partial charge in [0.05, 0.1) is 10.7 Å². The second-order valence-corrected chi connectivity index (χ2v) is 4.17. The summed E-state index contributed by atoms with van der Waals surface area (Å²) in [7, 11) is 0. The highest BCUT2D eigenvalue weighted by molar-refractivity contribution is 6.33. The van der Waals surface area contributed by atoms with Crippen LogP contribution in [0.25, 0.3) is 0 Å². The Morgan fingerprint density at radius 3 is 2.56 bits per heavy atom. The average molecular weight is 274 g/mol. The molecule has 0 atom stereocenters. The van der Waals surface area contributed by atoms with Crippen LogP contribution in [-0.4, -0.2) is 36.3 Å². The fraction of sp³-hybridized carbons (Fsp3) is 0.500. The maximum Gasteiger partial charge on any atom is 0.121 e. The van der Waals surface area contributed by atoms with E-state index in [1.807, 2.05) is 0 Å². The molecule has 0 aliphatic rings. The van der Waals surface area contributed by atoms with Gasteiger partial charge in [-0.15, -0.1) is 0 Å². The number of rotatable bonds is 7. The summed E-state index contributed by atoms with van der Waals surface area (Å²) < 4.78 is 5.51. The van der Waals surface area contributed by atoms with Crippen LogP contribution >= 0.6 is 11.6 Å². The van der Waals surface area contributed by atoms with Crippen LogP contribution in [0.15, 0.2) is 18.2 Å². The number of hydrogen-bond donors (Lipinski definition) is 1. The SMILES string of the molecule is CCN(CC)CCOc1ccc(Cl)c(N([O-])O)c1. The van der Waals surface area contributed by atoms with E-state index in [4.69, 9.17) is 21.5 Å². The Labute approximate surface area is 112 Å². The normalized spacial score (nSPS) is 10.8. The molecule has 0 spiro atoms. The standard InChI is InChI=1S/C12H18ClN2O3/c1-3-14(4-2)7-8-18-10-5-6-11(13)12(9-10)15(16)17/h5-6,9,16H,3-4,7-8H2,1-2H3/q-1. The minimum atomic E-state index is -0.264. The van der Waals surface area contributed by atoms with Crippen LogP contribution in [0.5, 0.6) is 5.75 Å². The Morgan fingerprint density at radius 1 is 1.33 bits per heavy atom. The van der Waals surface area contributed by atoms with Crippen molar-refractivity contribution < 1.29 is 9.94 Å². The van der Waals surface area contributed by atoms with Gasteiger partial charge >= 0.3 is 0 Å². The predicted octanol–water partition coefficient (Wildman–Crippen LogP) is 2.75. The molecule has 0 aliphatic carbocycles. The number of hydrogen-bond acceptors (Lipinski definition) is 5. The van der Waals surface area contributed by atoms with Crippen molar-refractivity contribution >= 4 is 17.3 Å². The summed E-state index contributed by atoms with van der Waals surface area (Å²) in [6.07, 6.45) is 0. The lowest BCUT2D eigenvalue weighted by molar-refractivity contribution is 0.222. The minimum Gasteiger partial charge on any atom is -0.733 e. The van der Waals surface area contributed by atoms with E-state index in [0.717, 1.165) is 19.6 Å². The Bertz CT molecular complexity index is 370. The molecular weight excluding hydrogens is 256 g/mol. The van der Waals surface area contributed by atoms with E-state index < -0.39 is 0 Å². The van der Waals surface area contributed by atoms with Gasteiger partial charge in [0.25, 0.3) is 0 Å². The van der Waals surface area contributed by atoms with Gasteiger partial charge in [0.15, 0.2) is 0 Å². The fourth-order valence-corrected chi connectivity index (χ4v) is 1.75. The molecule has 1 aromatic carbocycles. The van der Waals surface area contributed by atoms with Crippen molar-refractivity contribution in [1.82, 2.24) is 4.90 Å². The third kappa shape index (κ3) is 4.34. The zero-order chi connectivity index (χ0) is 13.5. The minimum absolute atomic E-state index is 0.0167. The summed E-state index contributed by atoms with van der Waals surface area (Å²) in [5.74, 6) is 0.511. The van der Waals surface area contributed by atoms with Crippen LogP contribution in [-0.2, 0) is 0 Å². The number of nitrogens with zero attached hydrogens (tertiary/aromatic N) is 2. The first-order valence-corrected chi connectivity index (χ1v) is 6.27. The fourth-order valence-electron chi connectivity index (χ4n) is 1.56. The second-order valence-electron chi connectivity index (χ2n) is 3.76. The van der Waals surface area contributed by atoms with Crippen LogP contribution in [0.3, 0.4) is 0 Å². The largest absolute Gasteiger partial charge is 0.733 e. The zero-order valence-corrected chi connectivity index (χ0v) is 11.4. The van der Waals surface area contributed by atoms with E-state index in [2.05, 4.69) is 18.7 Å². The molecule has 0 saturated heterocycles. The van der Waals surface area contributed by atoms with E-state index >= 15 is 0 Å². The second kappa shape index (κ2) is 7.43. The van der Waals surface area contributed by atoms with Crippen LogP contribution < -0.4 is 9.96 Å². The summed E-state index contributed by atoms with van der Waals surface area (Å²) in [4.78, 5) is 2.22. The maximum absolute atomic E-state index is 10.8. The van der Waals surface area contributed by atoms with Crippen molar-refractivity contribution in [2.75, 3.05) is 31.5 Å². The monoisotopic (exact) mass is 273 g/mol. The molecule has 0 amide bonds. The molecule has 0 fully saturated rings. The van der Waals surface area contributed by atoms with Crippen LogP contribution in [0.2, 0.25) is 5.02 Å². The molecule has 0 radical (unpaired) electrons. The summed E-state index contributed by atoms with van der Waals surface area (Å²) in [6.45, 7) is 7.45. The first-order chi connectivity index (χ1) is 8.58. The van der Waals surface area contributed by atoms with Gasteiger partial charge in [-0.1, -0.05) is 25.4 Å². The van der Waals surface area contributed by atoms with Gasteiger partial charge < -0.3 is 20.1 Å². The molecule has 0 unspecified atom stereocenters. The van der Waals surface area contributed by atoms with Crippen LogP contribution in [0, 0.1) is 5.21 Å². The van der Waals surface area contributed by atoms with Gasteiger partial charge in [-0.3, -0.25) is 5.21 Å². The highest BCUT2D eigenvalue weighted by atomic mass is 35.5. The topological polar surface area (TPSA) is 59.0 Å². The molecule has 0 aromatic heterocycles. The van der Waals surface area contributed by atoms with Gasteiger partial charge in [-0.2, -0.15) is 0 Å². The van der Waals surface area contributed by atoms with Crippen molar-refractivity contribution in [1.29, 1.82) is 0 Å². The van der Waals surface area contributed by atoms with Gasteiger partial charge in [0.1, 0.15) is 12.4 Å². The molecule has 5 nitrogen and oxygen atoms in total. The third-order valence-electron chi connectivity index (χ3n) is 2.69. The van der Waals surface area contributed by atoms with Crippen molar-refractivity contribution in [2.24, 2.45) is 0 Å². The molecule has 0 bridgehead atoms. The molecule has 1 rings (SSSR count).